The first kappa shape index (κ1) is 17.6. The van der Waals surface area contributed by atoms with Crippen molar-refractivity contribution in [1.82, 2.24) is 14.8 Å². The van der Waals surface area contributed by atoms with Crippen LogP contribution >= 0.6 is 0 Å². The SMILES string of the molecule is COCCN1CCCN(C(=O)c2nc(-c3ccccc3)oc2C)CC1. The predicted octanol–water partition coefficient (Wildman–Crippen LogP) is 2.44. The monoisotopic (exact) mass is 343 g/mol. The molecule has 1 fully saturated rings. The van der Waals surface area contributed by atoms with Crippen LogP contribution < -0.4 is 0 Å². The van der Waals surface area contributed by atoms with Crippen molar-refractivity contribution in [2.24, 2.45) is 0 Å². The highest BCUT2D eigenvalue weighted by molar-refractivity contribution is 5.93. The molecule has 1 saturated heterocycles. The molecule has 134 valence electrons. The summed E-state index contributed by atoms with van der Waals surface area (Å²) >= 11 is 0. The number of benzene rings is 1. The van der Waals surface area contributed by atoms with Crippen LogP contribution in [0, 0.1) is 6.92 Å². The molecule has 2 aromatic rings. The lowest BCUT2D eigenvalue weighted by atomic mass is 10.2. The van der Waals surface area contributed by atoms with Crippen LogP contribution in [0.3, 0.4) is 0 Å². The van der Waals surface area contributed by atoms with Gasteiger partial charge in [0.25, 0.3) is 5.91 Å². The zero-order valence-electron chi connectivity index (χ0n) is 14.9. The molecule has 6 heteroatoms. The number of ether oxygens (including phenoxy) is 1. The molecule has 6 nitrogen and oxygen atoms in total. The Morgan fingerprint density at radius 3 is 2.76 bits per heavy atom. The van der Waals surface area contributed by atoms with Crippen LogP contribution in [0.15, 0.2) is 34.7 Å². The largest absolute Gasteiger partial charge is 0.441 e. The Bertz CT molecular complexity index is 699. The Balaban J connectivity index is 1.70. The number of hydrogen-bond acceptors (Lipinski definition) is 5. The predicted molar refractivity (Wildman–Crippen MR) is 95.5 cm³/mol. The fraction of sp³-hybridized carbons (Fsp3) is 0.474. The van der Waals surface area contributed by atoms with Crippen molar-refractivity contribution in [3.05, 3.63) is 41.8 Å². The number of carbonyl (C=O) groups excluding carboxylic acids is 1. The lowest BCUT2D eigenvalue weighted by molar-refractivity contribution is 0.0752. The summed E-state index contributed by atoms with van der Waals surface area (Å²) in [6.07, 6.45) is 0.956. The molecule has 1 amide bonds. The van der Waals surface area contributed by atoms with E-state index in [4.69, 9.17) is 9.15 Å². The van der Waals surface area contributed by atoms with Gasteiger partial charge in [0.15, 0.2) is 5.69 Å². The minimum atomic E-state index is -0.0444. The number of methoxy groups -OCH3 is 1. The summed E-state index contributed by atoms with van der Waals surface area (Å²) in [4.78, 5) is 21.6. The van der Waals surface area contributed by atoms with Crippen molar-refractivity contribution in [2.75, 3.05) is 46.4 Å². The maximum atomic E-state index is 12.9. The third-order valence-electron chi connectivity index (χ3n) is 4.51. The normalized spacial score (nSPS) is 16.0. The van der Waals surface area contributed by atoms with Gasteiger partial charge in [-0.25, -0.2) is 4.98 Å². The standard InChI is InChI=1S/C19H25N3O3/c1-15-17(20-18(25-15)16-7-4-3-5-8-16)19(23)22-10-6-9-21(11-12-22)13-14-24-2/h3-5,7-8H,6,9-14H2,1-2H3. The van der Waals surface area contributed by atoms with Gasteiger partial charge in [-0.1, -0.05) is 18.2 Å². The van der Waals surface area contributed by atoms with Crippen LogP contribution in [0.25, 0.3) is 11.5 Å². The number of oxazole rings is 1. The van der Waals surface area contributed by atoms with Crippen LogP contribution in [-0.2, 0) is 4.74 Å². The van der Waals surface area contributed by atoms with E-state index in [1.165, 1.54) is 0 Å². The first-order valence-electron chi connectivity index (χ1n) is 8.72. The molecule has 0 bridgehead atoms. The van der Waals surface area contributed by atoms with Crippen LogP contribution in [0.1, 0.15) is 22.7 Å². The molecule has 0 saturated carbocycles. The molecule has 0 aliphatic carbocycles. The molecular formula is C19H25N3O3. The smallest absolute Gasteiger partial charge is 0.276 e. The van der Waals surface area contributed by atoms with Gasteiger partial charge in [0.05, 0.1) is 6.61 Å². The van der Waals surface area contributed by atoms with E-state index in [0.717, 1.165) is 44.8 Å². The highest BCUT2D eigenvalue weighted by Gasteiger charge is 2.25. The lowest BCUT2D eigenvalue weighted by Crippen LogP contribution is -2.36. The van der Waals surface area contributed by atoms with Crippen molar-refractivity contribution in [3.8, 4) is 11.5 Å². The Labute approximate surface area is 148 Å². The Morgan fingerprint density at radius 2 is 2.00 bits per heavy atom. The molecule has 3 rings (SSSR count). The third kappa shape index (κ3) is 4.27. The van der Waals surface area contributed by atoms with Crippen LogP contribution in [0.2, 0.25) is 0 Å². The molecule has 0 radical (unpaired) electrons. The second kappa shape index (κ2) is 8.27. The molecule has 0 atom stereocenters. The highest BCUT2D eigenvalue weighted by Crippen LogP contribution is 2.22. The number of aryl methyl sites for hydroxylation is 1. The summed E-state index contributed by atoms with van der Waals surface area (Å²) in [5, 5.41) is 0. The van der Waals surface area contributed by atoms with E-state index in [2.05, 4.69) is 9.88 Å². The highest BCUT2D eigenvalue weighted by atomic mass is 16.5. The van der Waals surface area contributed by atoms with Gasteiger partial charge in [-0.2, -0.15) is 0 Å². The zero-order valence-corrected chi connectivity index (χ0v) is 14.9. The minimum absolute atomic E-state index is 0.0444. The van der Waals surface area contributed by atoms with E-state index in [1.807, 2.05) is 35.2 Å². The van der Waals surface area contributed by atoms with E-state index >= 15 is 0 Å². The van der Waals surface area contributed by atoms with Crippen molar-refractivity contribution in [3.63, 3.8) is 0 Å². The number of hydrogen-bond donors (Lipinski definition) is 0. The average Bonchev–Trinajstić information content (AvgIpc) is 2.88. The fourth-order valence-electron chi connectivity index (χ4n) is 3.07. The van der Waals surface area contributed by atoms with Crippen molar-refractivity contribution in [2.45, 2.75) is 13.3 Å². The summed E-state index contributed by atoms with van der Waals surface area (Å²) in [7, 11) is 1.71. The van der Waals surface area contributed by atoms with Gasteiger partial charge in [-0.15, -0.1) is 0 Å². The van der Waals surface area contributed by atoms with Gasteiger partial charge in [0.2, 0.25) is 5.89 Å². The van der Waals surface area contributed by atoms with Gasteiger partial charge < -0.3 is 14.1 Å². The van der Waals surface area contributed by atoms with E-state index in [1.54, 1.807) is 14.0 Å². The summed E-state index contributed by atoms with van der Waals surface area (Å²) in [6.45, 7) is 6.72. The molecule has 25 heavy (non-hydrogen) atoms. The third-order valence-corrected chi connectivity index (χ3v) is 4.51. The molecule has 1 aliphatic heterocycles. The fourth-order valence-corrected chi connectivity index (χ4v) is 3.07. The van der Waals surface area contributed by atoms with Gasteiger partial charge in [0, 0.05) is 38.9 Å². The molecule has 1 aromatic carbocycles. The summed E-state index contributed by atoms with van der Waals surface area (Å²) in [5.41, 5.74) is 1.30. The van der Waals surface area contributed by atoms with Crippen LogP contribution in [0.4, 0.5) is 0 Å². The van der Waals surface area contributed by atoms with Crippen LogP contribution in [0.5, 0.6) is 0 Å². The summed E-state index contributed by atoms with van der Waals surface area (Å²) in [6, 6.07) is 9.66. The summed E-state index contributed by atoms with van der Waals surface area (Å²) < 4.78 is 10.9. The maximum absolute atomic E-state index is 12.9. The van der Waals surface area contributed by atoms with E-state index in [-0.39, 0.29) is 5.91 Å². The Morgan fingerprint density at radius 1 is 1.20 bits per heavy atom. The number of carbonyl (C=O) groups is 1. The quantitative estimate of drug-likeness (QED) is 0.835. The Hall–Kier alpha value is -2.18. The average molecular weight is 343 g/mol. The van der Waals surface area contributed by atoms with E-state index < -0.39 is 0 Å². The van der Waals surface area contributed by atoms with Gasteiger partial charge in [-0.05, 0) is 32.0 Å². The number of amides is 1. The second-order valence-corrected chi connectivity index (χ2v) is 6.27. The van der Waals surface area contributed by atoms with Gasteiger partial charge in [0.1, 0.15) is 5.76 Å². The number of rotatable bonds is 5. The topological polar surface area (TPSA) is 58.8 Å². The van der Waals surface area contributed by atoms with Crippen molar-refractivity contribution in [1.29, 1.82) is 0 Å². The molecule has 2 heterocycles. The summed E-state index contributed by atoms with van der Waals surface area (Å²) in [5.74, 6) is 1.03. The maximum Gasteiger partial charge on any atom is 0.276 e. The number of aromatic nitrogens is 1. The van der Waals surface area contributed by atoms with E-state index in [9.17, 15) is 4.79 Å². The molecule has 1 aliphatic rings. The first-order chi connectivity index (χ1) is 12.2. The zero-order chi connectivity index (χ0) is 17.6. The van der Waals surface area contributed by atoms with Gasteiger partial charge >= 0.3 is 0 Å². The van der Waals surface area contributed by atoms with E-state index in [0.29, 0.717) is 23.9 Å². The molecule has 0 N–H and O–H groups in total. The number of nitrogens with zero attached hydrogens (tertiary/aromatic N) is 3. The molecular weight excluding hydrogens is 318 g/mol. The van der Waals surface area contributed by atoms with Crippen molar-refractivity contribution >= 4 is 5.91 Å². The first-order valence-corrected chi connectivity index (χ1v) is 8.72. The molecule has 1 aromatic heterocycles. The lowest BCUT2D eigenvalue weighted by Gasteiger charge is -2.21. The molecule has 0 unspecified atom stereocenters. The Kier molecular flexibility index (Phi) is 5.83. The second-order valence-electron chi connectivity index (χ2n) is 6.27. The minimum Gasteiger partial charge on any atom is -0.441 e. The van der Waals surface area contributed by atoms with Gasteiger partial charge in [-0.3, -0.25) is 9.69 Å². The van der Waals surface area contributed by atoms with Crippen LogP contribution in [-0.4, -0.2) is 67.1 Å². The molecule has 0 spiro atoms. The van der Waals surface area contributed by atoms with Crippen molar-refractivity contribution < 1.29 is 13.9 Å².